The van der Waals surface area contributed by atoms with Crippen molar-refractivity contribution < 1.29 is 14.3 Å². The number of fused-ring (bicyclic) bond motifs is 1. The number of amides is 1. The molecule has 170 valence electrons. The van der Waals surface area contributed by atoms with Gasteiger partial charge in [-0.05, 0) is 42.7 Å². The number of hydrogen-bond acceptors (Lipinski definition) is 8. The number of thiocarbonyl (C=S) groups is 1. The van der Waals surface area contributed by atoms with E-state index in [4.69, 9.17) is 21.7 Å². The zero-order chi connectivity index (χ0) is 23.7. The van der Waals surface area contributed by atoms with Crippen molar-refractivity contribution in [3.63, 3.8) is 0 Å². The minimum atomic E-state index is -0.404. The van der Waals surface area contributed by atoms with Crippen LogP contribution in [0.15, 0.2) is 27.9 Å². The van der Waals surface area contributed by atoms with Crippen molar-refractivity contribution in [1.82, 2.24) is 9.47 Å². The molecule has 3 heterocycles. The molecule has 1 saturated heterocycles. The average molecular weight is 483 g/mol. The Bertz CT molecular complexity index is 1290. The summed E-state index contributed by atoms with van der Waals surface area (Å²) >= 11 is 6.60. The van der Waals surface area contributed by atoms with Crippen molar-refractivity contribution in [3.8, 4) is 17.6 Å². The van der Waals surface area contributed by atoms with E-state index in [1.165, 1.54) is 16.3 Å². The number of anilines is 1. The van der Waals surface area contributed by atoms with Crippen molar-refractivity contribution in [3.05, 3.63) is 55.7 Å². The minimum Gasteiger partial charge on any atom is -0.454 e. The van der Waals surface area contributed by atoms with Crippen LogP contribution in [-0.4, -0.2) is 33.0 Å². The molecule has 10 heteroatoms. The molecule has 2 aliphatic rings. The van der Waals surface area contributed by atoms with Crippen LogP contribution in [0, 0.1) is 18.3 Å². The number of nitrogens with zero attached hydrogens (tertiary/aromatic N) is 3. The molecule has 2 aromatic rings. The second kappa shape index (κ2) is 9.29. The maximum atomic E-state index is 12.9. The number of rotatable bonds is 6. The summed E-state index contributed by atoms with van der Waals surface area (Å²) in [4.78, 5) is 27.7. The molecule has 0 unspecified atom stereocenters. The molecule has 1 amide bonds. The number of thioether (sulfide) groups is 1. The topological polar surface area (TPSA) is 96.6 Å². The number of nitriles is 1. The first-order valence-electron chi connectivity index (χ1n) is 10.4. The highest BCUT2D eigenvalue weighted by Crippen LogP contribution is 2.36. The van der Waals surface area contributed by atoms with Gasteiger partial charge >= 0.3 is 0 Å². The van der Waals surface area contributed by atoms with Crippen LogP contribution in [-0.2, 0) is 18.4 Å². The molecule has 1 aromatic heterocycles. The quantitative estimate of drug-likeness (QED) is 0.494. The van der Waals surface area contributed by atoms with Gasteiger partial charge in [0.15, 0.2) is 11.5 Å². The normalized spacial score (nSPS) is 15.9. The molecule has 33 heavy (non-hydrogen) atoms. The van der Waals surface area contributed by atoms with Crippen LogP contribution in [0.25, 0.3) is 6.08 Å². The zero-order valence-electron chi connectivity index (χ0n) is 18.4. The first-order valence-corrected chi connectivity index (χ1v) is 11.6. The Hall–Kier alpha value is -3.29. The Labute approximate surface area is 200 Å². The van der Waals surface area contributed by atoms with Gasteiger partial charge in [0.25, 0.3) is 11.5 Å². The maximum Gasteiger partial charge on any atom is 0.270 e. The summed E-state index contributed by atoms with van der Waals surface area (Å²) in [5, 5.41) is 12.9. The standard InChI is InChI=1S/C23H22N4O4S2/c1-4-7-27-22(29)19(33-23(27)32)9-15-13(2)16(10-24)21(28)26(3)20(15)25-11-14-5-6-17-18(8-14)31-12-30-17/h5-6,8-9,25H,4,7,11-12H2,1-3H3/b19-9+. The van der Waals surface area contributed by atoms with Gasteiger partial charge in [0.05, 0.1) is 4.91 Å². The highest BCUT2D eigenvalue weighted by Gasteiger charge is 2.32. The van der Waals surface area contributed by atoms with E-state index in [2.05, 4.69) is 5.32 Å². The Morgan fingerprint density at radius 2 is 2.06 bits per heavy atom. The van der Waals surface area contributed by atoms with Crippen LogP contribution in [0.4, 0.5) is 5.82 Å². The lowest BCUT2D eigenvalue weighted by atomic mass is 10.0. The van der Waals surface area contributed by atoms with E-state index >= 15 is 0 Å². The van der Waals surface area contributed by atoms with Crippen molar-refractivity contribution in [1.29, 1.82) is 5.26 Å². The van der Waals surface area contributed by atoms with Gasteiger partial charge in [0, 0.05) is 25.7 Å². The molecule has 1 N–H and O–H groups in total. The molecule has 0 radical (unpaired) electrons. The lowest BCUT2D eigenvalue weighted by Gasteiger charge is -2.18. The monoisotopic (exact) mass is 482 g/mol. The second-order valence-electron chi connectivity index (χ2n) is 7.61. The molecule has 0 spiro atoms. The van der Waals surface area contributed by atoms with E-state index in [1.807, 2.05) is 31.2 Å². The first-order chi connectivity index (χ1) is 15.8. The number of carbonyl (C=O) groups excluding carboxylic acids is 1. The van der Waals surface area contributed by atoms with Crippen LogP contribution >= 0.6 is 24.0 Å². The van der Waals surface area contributed by atoms with E-state index in [1.54, 1.807) is 24.9 Å². The van der Waals surface area contributed by atoms with Gasteiger partial charge in [-0.15, -0.1) is 0 Å². The summed E-state index contributed by atoms with van der Waals surface area (Å²) in [7, 11) is 1.60. The Morgan fingerprint density at radius 1 is 1.30 bits per heavy atom. The van der Waals surface area contributed by atoms with Gasteiger partial charge in [0.1, 0.15) is 21.8 Å². The van der Waals surface area contributed by atoms with Gasteiger partial charge in [-0.2, -0.15) is 5.26 Å². The molecular weight excluding hydrogens is 460 g/mol. The maximum absolute atomic E-state index is 12.9. The number of aromatic nitrogens is 1. The Kier molecular flexibility index (Phi) is 6.44. The summed E-state index contributed by atoms with van der Waals surface area (Å²) < 4.78 is 12.7. The predicted molar refractivity (Wildman–Crippen MR) is 131 cm³/mol. The number of ether oxygens (including phenoxy) is 2. The molecule has 0 bridgehead atoms. The SMILES string of the molecule is CCCN1C(=O)/C(=C\c2c(C)c(C#N)c(=O)n(C)c2NCc2ccc3c(c2)OCO3)SC1=S. The third-order valence-electron chi connectivity index (χ3n) is 5.49. The third-order valence-corrected chi connectivity index (χ3v) is 6.87. The number of pyridine rings is 1. The average Bonchev–Trinajstić information content (AvgIpc) is 3.37. The van der Waals surface area contributed by atoms with E-state index in [0.717, 1.165) is 12.0 Å². The lowest BCUT2D eigenvalue weighted by molar-refractivity contribution is -0.122. The van der Waals surface area contributed by atoms with Gasteiger partial charge in [-0.1, -0.05) is 37.0 Å². The van der Waals surface area contributed by atoms with Gasteiger partial charge < -0.3 is 14.8 Å². The van der Waals surface area contributed by atoms with E-state index in [9.17, 15) is 14.9 Å². The van der Waals surface area contributed by atoms with Crippen molar-refractivity contribution in [2.45, 2.75) is 26.8 Å². The van der Waals surface area contributed by atoms with Crippen LogP contribution in [0.5, 0.6) is 11.5 Å². The fourth-order valence-electron chi connectivity index (χ4n) is 3.73. The van der Waals surface area contributed by atoms with Gasteiger partial charge in [-0.3, -0.25) is 19.1 Å². The van der Waals surface area contributed by atoms with E-state index in [-0.39, 0.29) is 18.3 Å². The molecule has 4 rings (SSSR count). The third kappa shape index (κ3) is 4.21. The van der Waals surface area contributed by atoms with E-state index in [0.29, 0.717) is 50.8 Å². The number of benzene rings is 1. The molecule has 0 atom stereocenters. The smallest absolute Gasteiger partial charge is 0.270 e. The number of nitrogens with one attached hydrogen (secondary N) is 1. The highest BCUT2D eigenvalue weighted by molar-refractivity contribution is 8.26. The lowest BCUT2D eigenvalue weighted by Crippen LogP contribution is -2.28. The predicted octanol–water partition coefficient (Wildman–Crippen LogP) is 3.52. The fraction of sp³-hybridized carbons (Fsp3) is 0.304. The molecule has 0 saturated carbocycles. The van der Waals surface area contributed by atoms with Crippen LogP contribution < -0.4 is 20.3 Å². The summed E-state index contributed by atoms with van der Waals surface area (Å²) in [5.41, 5.74) is 1.68. The fourth-order valence-corrected chi connectivity index (χ4v) is 5.02. The molecule has 0 aliphatic carbocycles. The summed E-state index contributed by atoms with van der Waals surface area (Å²) in [5.74, 6) is 1.70. The van der Waals surface area contributed by atoms with Gasteiger partial charge in [0.2, 0.25) is 6.79 Å². The largest absolute Gasteiger partial charge is 0.454 e. The second-order valence-corrected chi connectivity index (χ2v) is 9.29. The van der Waals surface area contributed by atoms with Crippen molar-refractivity contribution in [2.75, 3.05) is 18.7 Å². The summed E-state index contributed by atoms with van der Waals surface area (Å²) in [6, 6.07) is 7.62. The van der Waals surface area contributed by atoms with Gasteiger partial charge in [-0.25, -0.2) is 0 Å². The van der Waals surface area contributed by atoms with Crippen LogP contribution in [0.2, 0.25) is 0 Å². The zero-order valence-corrected chi connectivity index (χ0v) is 20.1. The highest BCUT2D eigenvalue weighted by atomic mass is 32.2. The minimum absolute atomic E-state index is 0.0430. The number of carbonyl (C=O) groups is 1. The molecule has 2 aliphatic heterocycles. The molecule has 1 aromatic carbocycles. The molecule has 1 fully saturated rings. The van der Waals surface area contributed by atoms with Crippen LogP contribution in [0.1, 0.15) is 35.6 Å². The Morgan fingerprint density at radius 3 is 2.79 bits per heavy atom. The molecule has 8 nitrogen and oxygen atoms in total. The van der Waals surface area contributed by atoms with Crippen molar-refractivity contribution >= 4 is 46.1 Å². The van der Waals surface area contributed by atoms with Crippen LogP contribution in [0.3, 0.4) is 0 Å². The molecular formula is C23H22N4O4S2. The van der Waals surface area contributed by atoms with E-state index < -0.39 is 5.56 Å². The number of hydrogen-bond donors (Lipinski definition) is 1. The summed E-state index contributed by atoms with van der Waals surface area (Å²) in [6.45, 7) is 4.83. The van der Waals surface area contributed by atoms with Crippen molar-refractivity contribution in [2.24, 2.45) is 7.05 Å². The first kappa shape index (κ1) is 22.9. The Balaban J connectivity index is 1.74. The summed E-state index contributed by atoms with van der Waals surface area (Å²) in [6.07, 6.45) is 2.51.